The van der Waals surface area contributed by atoms with E-state index in [9.17, 15) is 14.9 Å². The number of piperidine rings is 1. The first-order chi connectivity index (χ1) is 11.1. The maximum atomic E-state index is 12.0. The van der Waals surface area contributed by atoms with Crippen molar-refractivity contribution in [3.63, 3.8) is 0 Å². The average Bonchev–Trinajstić information content (AvgIpc) is 2.56. The molecule has 126 valence electrons. The number of nitro groups is 1. The standard InChI is InChI=1S/C17H25N3O3/c1-13(15-7-9-18-10-8-15)12-17(21)19-11-6-14-2-4-16(5-3-14)20(22)23/h2-5,13,15,18H,6-12H2,1H3,(H,19,21). The molecule has 23 heavy (non-hydrogen) atoms. The minimum absolute atomic E-state index is 0.0913. The van der Waals surface area contributed by atoms with Crippen LogP contribution >= 0.6 is 0 Å². The second kappa shape index (κ2) is 8.62. The number of rotatable bonds is 7. The maximum absolute atomic E-state index is 12.0. The van der Waals surface area contributed by atoms with Crippen LogP contribution in [0.1, 0.15) is 31.7 Å². The van der Waals surface area contributed by atoms with Crippen LogP contribution in [-0.2, 0) is 11.2 Å². The van der Waals surface area contributed by atoms with E-state index < -0.39 is 4.92 Å². The van der Waals surface area contributed by atoms with Crippen LogP contribution in [0, 0.1) is 22.0 Å². The van der Waals surface area contributed by atoms with Crippen molar-refractivity contribution >= 4 is 11.6 Å². The van der Waals surface area contributed by atoms with E-state index in [0.717, 1.165) is 31.5 Å². The van der Waals surface area contributed by atoms with Gasteiger partial charge in [0.15, 0.2) is 0 Å². The van der Waals surface area contributed by atoms with E-state index in [4.69, 9.17) is 0 Å². The molecule has 0 saturated carbocycles. The zero-order valence-electron chi connectivity index (χ0n) is 13.6. The van der Waals surface area contributed by atoms with Gasteiger partial charge in [0, 0.05) is 25.1 Å². The molecule has 1 amide bonds. The van der Waals surface area contributed by atoms with Gasteiger partial charge < -0.3 is 10.6 Å². The lowest BCUT2D eigenvalue weighted by atomic mass is 9.84. The van der Waals surface area contributed by atoms with Gasteiger partial charge in [-0.3, -0.25) is 14.9 Å². The Morgan fingerprint density at radius 1 is 1.35 bits per heavy atom. The third-order valence-corrected chi connectivity index (χ3v) is 4.58. The number of nitrogens with one attached hydrogen (secondary N) is 2. The molecule has 0 radical (unpaired) electrons. The van der Waals surface area contributed by atoms with Gasteiger partial charge in [-0.15, -0.1) is 0 Å². The average molecular weight is 319 g/mol. The summed E-state index contributed by atoms with van der Waals surface area (Å²) in [5, 5.41) is 16.9. The minimum atomic E-state index is -0.409. The normalized spacial score (nSPS) is 16.7. The molecule has 1 saturated heterocycles. The number of carbonyl (C=O) groups is 1. The van der Waals surface area contributed by atoms with Crippen LogP contribution < -0.4 is 10.6 Å². The number of hydrogen-bond acceptors (Lipinski definition) is 4. The summed E-state index contributed by atoms with van der Waals surface area (Å²) in [6.45, 7) is 4.83. The fourth-order valence-corrected chi connectivity index (χ4v) is 3.08. The third-order valence-electron chi connectivity index (χ3n) is 4.58. The van der Waals surface area contributed by atoms with Crippen LogP contribution in [0.15, 0.2) is 24.3 Å². The lowest BCUT2D eigenvalue weighted by molar-refractivity contribution is -0.384. The van der Waals surface area contributed by atoms with Crippen molar-refractivity contribution < 1.29 is 9.72 Å². The Hall–Kier alpha value is -1.95. The van der Waals surface area contributed by atoms with Crippen LogP contribution in [0.5, 0.6) is 0 Å². The quantitative estimate of drug-likeness (QED) is 0.596. The van der Waals surface area contributed by atoms with Gasteiger partial charge in [-0.1, -0.05) is 19.1 Å². The molecule has 0 spiro atoms. The fraction of sp³-hybridized carbons (Fsp3) is 0.588. The van der Waals surface area contributed by atoms with Crippen LogP contribution in [0.25, 0.3) is 0 Å². The zero-order valence-corrected chi connectivity index (χ0v) is 13.6. The van der Waals surface area contributed by atoms with Gasteiger partial charge in [-0.05, 0) is 49.8 Å². The SMILES string of the molecule is CC(CC(=O)NCCc1ccc([N+](=O)[O-])cc1)C1CCNCC1. The van der Waals surface area contributed by atoms with E-state index >= 15 is 0 Å². The Morgan fingerprint density at radius 3 is 2.61 bits per heavy atom. The summed E-state index contributed by atoms with van der Waals surface area (Å²) in [5.74, 6) is 1.14. The minimum Gasteiger partial charge on any atom is -0.356 e. The molecule has 0 bridgehead atoms. The van der Waals surface area contributed by atoms with Gasteiger partial charge in [0.1, 0.15) is 0 Å². The van der Waals surface area contributed by atoms with Crippen LogP contribution in [0.4, 0.5) is 5.69 Å². The van der Waals surface area contributed by atoms with Crippen molar-refractivity contribution in [2.45, 2.75) is 32.6 Å². The number of amides is 1. The Balaban J connectivity index is 1.68. The molecule has 6 nitrogen and oxygen atoms in total. The van der Waals surface area contributed by atoms with Gasteiger partial charge in [0.2, 0.25) is 5.91 Å². The summed E-state index contributed by atoms with van der Waals surface area (Å²) in [7, 11) is 0. The number of non-ortho nitro benzene ring substituents is 1. The van der Waals surface area contributed by atoms with Crippen molar-refractivity contribution in [3.05, 3.63) is 39.9 Å². The topological polar surface area (TPSA) is 84.3 Å². The molecule has 1 aromatic carbocycles. The maximum Gasteiger partial charge on any atom is 0.269 e. The van der Waals surface area contributed by atoms with E-state index in [-0.39, 0.29) is 11.6 Å². The van der Waals surface area contributed by atoms with Crippen LogP contribution in [-0.4, -0.2) is 30.5 Å². The summed E-state index contributed by atoms with van der Waals surface area (Å²) in [6, 6.07) is 6.47. The smallest absolute Gasteiger partial charge is 0.269 e. The van der Waals surface area contributed by atoms with Crippen LogP contribution in [0.3, 0.4) is 0 Å². The van der Waals surface area contributed by atoms with E-state index in [1.54, 1.807) is 12.1 Å². The number of nitro benzene ring substituents is 1. The largest absolute Gasteiger partial charge is 0.356 e. The Labute approximate surface area is 136 Å². The highest BCUT2D eigenvalue weighted by atomic mass is 16.6. The van der Waals surface area contributed by atoms with E-state index in [1.807, 2.05) is 0 Å². The monoisotopic (exact) mass is 319 g/mol. The molecule has 0 aromatic heterocycles. The first kappa shape index (κ1) is 17.4. The molecule has 1 aliphatic rings. The molecular weight excluding hydrogens is 294 g/mol. The molecular formula is C17H25N3O3. The Kier molecular flexibility index (Phi) is 6.52. The highest BCUT2D eigenvalue weighted by Crippen LogP contribution is 2.24. The highest BCUT2D eigenvalue weighted by Gasteiger charge is 2.21. The highest BCUT2D eigenvalue weighted by molar-refractivity contribution is 5.76. The molecule has 1 atom stereocenters. The van der Waals surface area contributed by atoms with Gasteiger partial charge in [-0.25, -0.2) is 0 Å². The van der Waals surface area contributed by atoms with Gasteiger partial charge in [0.05, 0.1) is 4.92 Å². The van der Waals surface area contributed by atoms with Gasteiger partial charge >= 0.3 is 0 Å². The lowest BCUT2D eigenvalue weighted by Gasteiger charge is -2.27. The number of carbonyl (C=O) groups excluding carboxylic acids is 1. The predicted molar refractivity (Wildman–Crippen MR) is 89.2 cm³/mol. The number of hydrogen-bond donors (Lipinski definition) is 2. The molecule has 1 aromatic rings. The van der Waals surface area contributed by atoms with Gasteiger partial charge in [0.25, 0.3) is 5.69 Å². The molecule has 1 aliphatic heterocycles. The van der Waals surface area contributed by atoms with Gasteiger partial charge in [-0.2, -0.15) is 0 Å². The summed E-state index contributed by atoms with van der Waals surface area (Å²) in [4.78, 5) is 22.2. The summed E-state index contributed by atoms with van der Waals surface area (Å²) >= 11 is 0. The molecule has 2 rings (SSSR count). The summed E-state index contributed by atoms with van der Waals surface area (Å²) in [5.41, 5.74) is 1.08. The van der Waals surface area contributed by atoms with Crippen molar-refractivity contribution in [1.29, 1.82) is 0 Å². The molecule has 0 aliphatic carbocycles. The Morgan fingerprint density at radius 2 is 2.00 bits per heavy atom. The van der Waals surface area contributed by atoms with E-state index in [2.05, 4.69) is 17.6 Å². The molecule has 1 fully saturated rings. The molecule has 1 heterocycles. The fourth-order valence-electron chi connectivity index (χ4n) is 3.08. The number of benzene rings is 1. The first-order valence-electron chi connectivity index (χ1n) is 8.27. The van der Waals surface area contributed by atoms with Crippen molar-refractivity contribution in [3.8, 4) is 0 Å². The third kappa shape index (κ3) is 5.63. The van der Waals surface area contributed by atoms with E-state index in [1.165, 1.54) is 12.1 Å². The van der Waals surface area contributed by atoms with Crippen molar-refractivity contribution in [1.82, 2.24) is 10.6 Å². The van der Waals surface area contributed by atoms with Crippen molar-refractivity contribution in [2.75, 3.05) is 19.6 Å². The van der Waals surface area contributed by atoms with Crippen LogP contribution in [0.2, 0.25) is 0 Å². The zero-order chi connectivity index (χ0) is 16.7. The molecule has 2 N–H and O–H groups in total. The second-order valence-electron chi connectivity index (χ2n) is 6.29. The number of nitrogens with zero attached hydrogens (tertiary/aromatic N) is 1. The lowest BCUT2D eigenvalue weighted by Crippen LogP contribution is -2.34. The molecule has 6 heteroatoms. The van der Waals surface area contributed by atoms with Crippen molar-refractivity contribution in [2.24, 2.45) is 11.8 Å². The first-order valence-corrected chi connectivity index (χ1v) is 8.27. The second-order valence-corrected chi connectivity index (χ2v) is 6.29. The Bertz CT molecular complexity index is 524. The summed E-state index contributed by atoms with van der Waals surface area (Å²) < 4.78 is 0. The molecule has 1 unspecified atom stereocenters. The van der Waals surface area contributed by atoms with E-state index in [0.29, 0.717) is 31.2 Å². The predicted octanol–water partition coefficient (Wildman–Crippen LogP) is 2.28. The summed E-state index contributed by atoms with van der Waals surface area (Å²) in [6.07, 6.45) is 3.56.